The van der Waals surface area contributed by atoms with Crippen LogP contribution in [0, 0.1) is 0 Å². The highest BCUT2D eigenvalue weighted by Gasteiger charge is 2.28. The third-order valence-electron chi connectivity index (χ3n) is 5.98. The minimum Gasteiger partial charge on any atom is -0.495 e. The first kappa shape index (κ1) is 26.7. The van der Waals surface area contributed by atoms with Crippen LogP contribution in [0.1, 0.15) is 6.42 Å². The number of amides is 1. The van der Waals surface area contributed by atoms with Crippen LogP contribution in [-0.4, -0.2) is 74.5 Å². The van der Waals surface area contributed by atoms with E-state index >= 15 is 0 Å². The van der Waals surface area contributed by atoms with Crippen molar-refractivity contribution in [1.82, 2.24) is 20.3 Å². The van der Waals surface area contributed by atoms with Crippen molar-refractivity contribution in [2.24, 2.45) is 0 Å². The van der Waals surface area contributed by atoms with Crippen LogP contribution in [0.2, 0.25) is 10.0 Å². The number of nitrogens with zero attached hydrogens (tertiary/aromatic N) is 4. The van der Waals surface area contributed by atoms with Gasteiger partial charge in [-0.05, 0) is 18.6 Å². The van der Waals surface area contributed by atoms with Crippen LogP contribution < -0.4 is 25.0 Å². The van der Waals surface area contributed by atoms with Gasteiger partial charge in [-0.2, -0.15) is 0 Å². The van der Waals surface area contributed by atoms with E-state index in [1.165, 1.54) is 20.3 Å². The van der Waals surface area contributed by atoms with Crippen molar-refractivity contribution in [1.29, 1.82) is 0 Å². The Labute approximate surface area is 224 Å². The Kier molecular flexibility index (Phi) is 8.21. The van der Waals surface area contributed by atoms with Crippen molar-refractivity contribution < 1.29 is 19.0 Å². The van der Waals surface area contributed by atoms with Crippen LogP contribution >= 0.6 is 23.2 Å². The summed E-state index contributed by atoms with van der Waals surface area (Å²) in [6, 6.07) is 3.07. The van der Waals surface area contributed by atoms with Crippen LogP contribution in [0.4, 0.5) is 11.8 Å². The van der Waals surface area contributed by atoms with Gasteiger partial charge in [-0.25, -0.2) is 15.0 Å². The van der Waals surface area contributed by atoms with Crippen LogP contribution in [0.3, 0.4) is 0 Å². The van der Waals surface area contributed by atoms with Gasteiger partial charge in [-0.1, -0.05) is 29.8 Å². The minimum absolute atomic E-state index is 0.153. The van der Waals surface area contributed by atoms with Crippen molar-refractivity contribution in [2.45, 2.75) is 18.5 Å². The van der Waals surface area contributed by atoms with Crippen LogP contribution in [0.15, 0.2) is 31.0 Å². The molecule has 10 nitrogen and oxygen atoms in total. The van der Waals surface area contributed by atoms with E-state index < -0.39 is 0 Å². The van der Waals surface area contributed by atoms with Gasteiger partial charge in [0.05, 0.1) is 48.6 Å². The maximum absolute atomic E-state index is 11.9. The number of hydrogen-bond acceptors (Lipinski definition) is 9. The third-order valence-corrected chi connectivity index (χ3v) is 6.74. The van der Waals surface area contributed by atoms with Crippen molar-refractivity contribution in [2.75, 3.05) is 51.7 Å². The van der Waals surface area contributed by atoms with E-state index in [0.717, 1.165) is 5.39 Å². The Morgan fingerprint density at radius 2 is 1.86 bits per heavy atom. The predicted molar refractivity (Wildman–Crippen MR) is 145 cm³/mol. The average Bonchev–Trinajstić information content (AvgIpc) is 2.89. The third kappa shape index (κ3) is 5.51. The molecule has 0 saturated carbocycles. The molecule has 0 spiro atoms. The monoisotopic (exact) mass is 546 g/mol. The van der Waals surface area contributed by atoms with E-state index in [2.05, 4.69) is 22.2 Å². The smallest absolute Gasteiger partial charge is 0.243 e. The van der Waals surface area contributed by atoms with E-state index in [4.69, 9.17) is 47.4 Å². The molecule has 1 saturated heterocycles. The molecular weight excluding hydrogens is 519 g/mol. The second-order valence-electron chi connectivity index (χ2n) is 8.57. The van der Waals surface area contributed by atoms with Crippen molar-refractivity contribution >= 4 is 51.8 Å². The molecule has 1 amide bonds. The number of fused-ring (bicyclic) bond motifs is 1. The molecule has 12 heteroatoms. The van der Waals surface area contributed by atoms with Crippen LogP contribution in [0.25, 0.3) is 22.2 Å². The van der Waals surface area contributed by atoms with Crippen molar-refractivity contribution in [3.05, 3.63) is 41.0 Å². The number of rotatable bonds is 8. The summed E-state index contributed by atoms with van der Waals surface area (Å²) in [6.45, 7) is 4.47. The molecule has 196 valence electrons. The molecule has 37 heavy (non-hydrogen) atoms. The number of anilines is 2. The average molecular weight is 547 g/mol. The van der Waals surface area contributed by atoms with Crippen molar-refractivity contribution in [3.63, 3.8) is 0 Å². The van der Waals surface area contributed by atoms with Gasteiger partial charge in [-0.15, -0.1) is 0 Å². The summed E-state index contributed by atoms with van der Waals surface area (Å²) in [5.74, 6) is 1.56. The maximum Gasteiger partial charge on any atom is 0.243 e. The predicted octanol–water partition coefficient (Wildman–Crippen LogP) is 3.95. The molecule has 0 bridgehead atoms. The molecule has 3 aromatic rings. The second-order valence-corrected chi connectivity index (χ2v) is 9.33. The SMILES string of the molecule is C=CC(=O)N[C@H]1CCOC[C@H]1Nc1ncc2cc(-c3c(Cl)c(OC)cc(OC)c3Cl)nc(N(C)C)c2n1. The van der Waals surface area contributed by atoms with E-state index in [0.29, 0.717) is 69.7 Å². The van der Waals surface area contributed by atoms with Gasteiger partial charge in [0.15, 0.2) is 5.82 Å². The molecule has 0 radical (unpaired) electrons. The summed E-state index contributed by atoms with van der Waals surface area (Å²) in [5.41, 5.74) is 1.62. The number of methoxy groups -OCH3 is 2. The van der Waals surface area contributed by atoms with Crippen LogP contribution in [-0.2, 0) is 9.53 Å². The zero-order chi connectivity index (χ0) is 26.7. The number of benzene rings is 1. The number of pyridine rings is 1. The van der Waals surface area contributed by atoms with E-state index in [1.807, 2.05) is 25.1 Å². The number of ether oxygens (including phenoxy) is 3. The summed E-state index contributed by atoms with van der Waals surface area (Å²) in [7, 11) is 6.77. The fourth-order valence-corrected chi connectivity index (χ4v) is 4.80. The van der Waals surface area contributed by atoms with Crippen LogP contribution in [0.5, 0.6) is 11.5 Å². The van der Waals surface area contributed by atoms with E-state index in [9.17, 15) is 4.79 Å². The summed E-state index contributed by atoms with van der Waals surface area (Å²) in [4.78, 5) is 27.8. The summed E-state index contributed by atoms with van der Waals surface area (Å²) in [5, 5.41) is 7.59. The Hall–Kier alpha value is -3.34. The van der Waals surface area contributed by atoms with Gasteiger partial charge in [0, 0.05) is 43.9 Å². The Bertz CT molecular complexity index is 1310. The maximum atomic E-state index is 11.9. The normalized spacial score (nSPS) is 17.2. The molecule has 1 fully saturated rings. The van der Waals surface area contributed by atoms with E-state index in [-0.39, 0.29) is 18.0 Å². The number of carbonyl (C=O) groups excluding carboxylic acids is 1. The quantitative estimate of drug-likeness (QED) is 0.405. The second kappa shape index (κ2) is 11.4. The molecule has 1 aliphatic heterocycles. The standard InChI is InChI=1S/C25H28Cl2N6O4/c1-6-19(34)29-14-7-8-37-12-16(14)31-25-28-11-13-9-15(30-24(33(2)3)23(13)32-25)20-21(26)17(35-4)10-18(36-5)22(20)27/h6,9-11,14,16H,1,7-8,12H2,2-5H3,(H,29,34)(H,28,31,32)/t14-,16+/m0/s1. The lowest BCUT2D eigenvalue weighted by Crippen LogP contribution is -2.52. The lowest BCUT2D eigenvalue weighted by molar-refractivity contribution is -0.117. The number of aromatic nitrogens is 3. The first-order chi connectivity index (χ1) is 17.8. The molecule has 2 atom stereocenters. The molecule has 2 aromatic heterocycles. The largest absolute Gasteiger partial charge is 0.495 e. The first-order valence-electron chi connectivity index (χ1n) is 11.5. The van der Waals surface area contributed by atoms with Gasteiger partial charge >= 0.3 is 0 Å². The highest BCUT2D eigenvalue weighted by Crippen LogP contribution is 2.46. The lowest BCUT2D eigenvalue weighted by atomic mass is 10.0. The Morgan fingerprint density at radius 1 is 1.16 bits per heavy atom. The molecule has 1 aliphatic rings. The summed E-state index contributed by atoms with van der Waals surface area (Å²) >= 11 is 13.3. The van der Waals surface area contributed by atoms with Crippen molar-refractivity contribution in [3.8, 4) is 22.8 Å². The zero-order valence-corrected chi connectivity index (χ0v) is 22.5. The number of nitrogens with one attached hydrogen (secondary N) is 2. The molecule has 3 heterocycles. The van der Waals surface area contributed by atoms with Gasteiger partial charge in [0.25, 0.3) is 0 Å². The Morgan fingerprint density at radius 3 is 2.49 bits per heavy atom. The molecule has 4 rings (SSSR count). The molecule has 0 aliphatic carbocycles. The van der Waals surface area contributed by atoms with Gasteiger partial charge in [-0.3, -0.25) is 4.79 Å². The van der Waals surface area contributed by atoms with Gasteiger partial charge < -0.3 is 29.7 Å². The molecule has 1 aromatic carbocycles. The Balaban J connectivity index is 1.76. The summed E-state index contributed by atoms with van der Waals surface area (Å²) in [6.07, 6.45) is 3.61. The highest BCUT2D eigenvalue weighted by atomic mass is 35.5. The molecule has 0 unspecified atom stereocenters. The highest BCUT2D eigenvalue weighted by molar-refractivity contribution is 6.41. The topological polar surface area (TPSA) is 111 Å². The fraction of sp³-hybridized carbons (Fsp3) is 0.360. The van der Waals surface area contributed by atoms with Gasteiger partial charge in [0.1, 0.15) is 17.0 Å². The first-order valence-corrected chi connectivity index (χ1v) is 12.3. The lowest BCUT2D eigenvalue weighted by Gasteiger charge is -2.32. The zero-order valence-electron chi connectivity index (χ0n) is 21.0. The summed E-state index contributed by atoms with van der Waals surface area (Å²) < 4.78 is 16.4. The molecular formula is C25H28Cl2N6O4. The minimum atomic E-state index is -0.240. The number of halogens is 2. The number of hydrogen-bond donors (Lipinski definition) is 2. The van der Waals surface area contributed by atoms with Gasteiger partial charge in [0.2, 0.25) is 11.9 Å². The number of carbonyl (C=O) groups is 1. The van der Waals surface area contributed by atoms with E-state index in [1.54, 1.807) is 12.3 Å². The molecule has 2 N–H and O–H groups in total. The fourth-order valence-electron chi connectivity index (χ4n) is 4.10.